The van der Waals surface area contributed by atoms with Gasteiger partial charge in [0.1, 0.15) is 23.8 Å². The normalized spacial score (nSPS) is 21.0. The van der Waals surface area contributed by atoms with E-state index in [1.807, 2.05) is 16.7 Å². The summed E-state index contributed by atoms with van der Waals surface area (Å²) in [6.45, 7) is 10.6. The number of piperazine rings is 1. The molecule has 1 unspecified atom stereocenters. The van der Waals surface area contributed by atoms with Crippen molar-refractivity contribution in [2.75, 3.05) is 50.0 Å². The number of hydrogen-bond donors (Lipinski definition) is 2. The largest absolute Gasteiger partial charge is 0.461 e. The minimum Gasteiger partial charge on any atom is -0.461 e. The predicted octanol–water partition coefficient (Wildman–Crippen LogP) is 7.54. The second kappa shape index (κ2) is 12.5. The fourth-order valence-corrected chi connectivity index (χ4v) is 8.23. The Hall–Kier alpha value is -4.37. The molecule has 0 aliphatic carbocycles. The molecule has 3 aliphatic heterocycles. The lowest BCUT2D eigenvalue weighted by atomic mass is 9.90. The van der Waals surface area contributed by atoms with Crippen LogP contribution in [0.4, 0.5) is 29.1 Å². The predicted molar refractivity (Wildman–Crippen MR) is 187 cm³/mol. The molecule has 3 aromatic carbocycles. The van der Waals surface area contributed by atoms with Gasteiger partial charge in [-0.2, -0.15) is 18.7 Å². The molecule has 3 N–H and O–H groups in total. The molecule has 49 heavy (non-hydrogen) atoms. The number of halogens is 5. The van der Waals surface area contributed by atoms with Crippen LogP contribution < -0.4 is 20.7 Å². The zero-order chi connectivity index (χ0) is 34.8. The highest BCUT2D eigenvalue weighted by molar-refractivity contribution is 6.37. The van der Waals surface area contributed by atoms with Gasteiger partial charge in [-0.05, 0) is 74.4 Å². The van der Waals surface area contributed by atoms with E-state index in [0.29, 0.717) is 66.0 Å². The molecule has 2 atom stereocenters. The third-order valence-corrected chi connectivity index (χ3v) is 10.4. The number of nitrogens with zero attached hydrogens (tertiary/aromatic N) is 4. The van der Waals surface area contributed by atoms with Gasteiger partial charge in [-0.15, -0.1) is 6.42 Å². The van der Waals surface area contributed by atoms with Crippen molar-refractivity contribution in [3.63, 3.8) is 0 Å². The van der Waals surface area contributed by atoms with E-state index in [2.05, 4.69) is 22.8 Å². The number of nitrogens with one attached hydrogen (secondary N) is 1. The van der Waals surface area contributed by atoms with Crippen molar-refractivity contribution < 1.29 is 22.3 Å². The summed E-state index contributed by atoms with van der Waals surface area (Å²) in [6, 6.07) is 5.92. The average Bonchev–Trinajstić information content (AvgIpc) is 3.62. The van der Waals surface area contributed by atoms with E-state index in [4.69, 9.17) is 33.5 Å². The van der Waals surface area contributed by atoms with Crippen LogP contribution in [-0.4, -0.2) is 65.8 Å². The maximum absolute atomic E-state index is 17.4. The lowest BCUT2D eigenvalue weighted by molar-refractivity contribution is 0.108. The van der Waals surface area contributed by atoms with E-state index in [1.54, 1.807) is 13.0 Å². The van der Waals surface area contributed by atoms with E-state index >= 15 is 8.78 Å². The van der Waals surface area contributed by atoms with Gasteiger partial charge in [0.15, 0.2) is 5.82 Å². The number of ether oxygens (including phenoxy) is 1. The van der Waals surface area contributed by atoms with Crippen LogP contribution in [0.3, 0.4) is 0 Å². The Labute approximate surface area is 286 Å². The first-order valence-corrected chi connectivity index (χ1v) is 16.6. The van der Waals surface area contributed by atoms with E-state index in [9.17, 15) is 8.78 Å². The molecule has 0 amide bonds. The number of hydrogen-bond acceptors (Lipinski definition) is 7. The highest BCUT2D eigenvalue weighted by atomic mass is 35.5. The third-order valence-electron chi connectivity index (χ3n) is 9.99. The van der Waals surface area contributed by atoms with Gasteiger partial charge in [-0.25, -0.2) is 8.78 Å². The molecule has 7 nitrogen and oxygen atoms in total. The van der Waals surface area contributed by atoms with Crippen LogP contribution in [0.1, 0.15) is 44.2 Å². The van der Waals surface area contributed by atoms with E-state index in [1.165, 1.54) is 18.2 Å². The summed E-state index contributed by atoms with van der Waals surface area (Å²) in [4.78, 5) is 13.5. The highest BCUT2D eigenvalue weighted by Crippen LogP contribution is 2.48. The highest BCUT2D eigenvalue weighted by Gasteiger charge is 2.48. The van der Waals surface area contributed by atoms with Gasteiger partial charge in [0.25, 0.3) is 6.08 Å². The molecule has 3 aliphatic rings. The van der Waals surface area contributed by atoms with Gasteiger partial charge < -0.3 is 20.7 Å². The Balaban J connectivity index is 1.48. The molecular weight excluding hydrogens is 656 g/mol. The fraction of sp³-hybridized carbons (Fsp3) is 0.351. The number of aromatic nitrogens is 2. The van der Waals surface area contributed by atoms with Gasteiger partial charge in [0.05, 0.1) is 21.5 Å². The van der Waals surface area contributed by atoms with Gasteiger partial charge in [0, 0.05) is 60.0 Å². The second-order valence-electron chi connectivity index (χ2n) is 13.3. The van der Waals surface area contributed by atoms with E-state index < -0.39 is 23.3 Å². The molecule has 0 saturated carbocycles. The smallest absolute Gasteiger partial charge is 0.319 e. The molecule has 3 saturated heterocycles. The monoisotopic (exact) mass is 690 g/mol. The molecule has 0 spiro atoms. The molecule has 254 valence electrons. The van der Waals surface area contributed by atoms with Crippen molar-refractivity contribution in [2.24, 2.45) is 0 Å². The number of nitrogen functional groups attached to an aromatic ring is 1. The number of nitrogens with two attached hydrogens (primary N) is 1. The summed E-state index contributed by atoms with van der Waals surface area (Å²) in [6.07, 6.45) is 5.80. The molecule has 4 aromatic rings. The van der Waals surface area contributed by atoms with Crippen molar-refractivity contribution in [2.45, 2.75) is 44.7 Å². The van der Waals surface area contributed by atoms with E-state index in [-0.39, 0.29) is 69.8 Å². The topological polar surface area (TPSA) is 79.5 Å². The van der Waals surface area contributed by atoms with Crippen molar-refractivity contribution in [3.05, 3.63) is 70.3 Å². The van der Waals surface area contributed by atoms with Crippen LogP contribution in [0.5, 0.6) is 6.01 Å². The fourth-order valence-electron chi connectivity index (χ4n) is 7.79. The van der Waals surface area contributed by atoms with Gasteiger partial charge in [-0.1, -0.05) is 30.2 Å². The van der Waals surface area contributed by atoms with Crippen LogP contribution in [-0.2, 0) is 0 Å². The number of fused-ring (bicyclic) bond motifs is 3. The Morgan fingerprint density at radius 3 is 2.73 bits per heavy atom. The Kier molecular flexibility index (Phi) is 8.46. The van der Waals surface area contributed by atoms with Crippen LogP contribution in [0, 0.1) is 24.0 Å². The van der Waals surface area contributed by atoms with Crippen molar-refractivity contribution in [1.29, 1.82) is 0 Å². The number of benzene rings is 3. The van der Waals surface area contributed by atoms with Crippen molar-refractivity contribution in [3.8, 4) is 29.5 Å². The minimum absolute atomic E-state index is 0.0253. The maximum Gasteiger partial charge on any atom is 0.319 e. The van der Waals surface area contributed by atoms with Gasteiger partial charge in [-0.3, -0.25) is 4.90 Å². The number of terminal acetylenes is 1. The quantitative estimate of drug-likeness (QED) is 0.123. The van der Waals surface area contributed by atoms with Crippen LogP contribution in [0.2, 0.25) is 5.02 Å². The summed E-state index contributed by atoms with van der Waals surface area (Å²) >= 11 is 7.16. The van der Waals surface area contributed by atoms with Crippen LogP contribution in [0.15, 0.2) is 42.5 Å². The lowest BCUT2D eigenvalue weighted by Gasteiger charge is -2.34. The summed E-state index contributed by atoms with van der Waals surface area (Å²) in [7, 11) is 0. The molecule has 3 fully saturated rings. The van der Waals surface area contributed by atoms with E-state index in [0.717, 1.165) is 6.42 Å². The maximum atomic E-state index is 17.4. The molecule has 12 heteroatoms. The number of allylic oxidation sites excluding steroid dienone is 1. The first-order valence-electron chi connectivity index (χ1n) is 16.2. The van der Waals surface area contributed by atoms with Crippen LogP contribution in [0.25, 0.3) is 38.4 Å². The lowest BCUT2D eigenvalue weighted by Crippen LogP contribution is -2.49. The summed E-state index contributed by atoms with van der Waals surface area (Å²) in [5, 5.41) is 4.57. The summed E-state index contributed by atoms with van der Waals surface area (Å²) in [5.41, 5.74) is 6.98. The molecule has 0 radical (unpaired) electrons. The summed E-state index contributed by atoms with van der Waals surface area (Å²) < 4.78 is 66.1. The third kappa shape index (κ3) is 5.56. The first kappa shape index (κ1) is 33.1. The Bertz CT molecular complexity index is 2130. The van der Waals surface area contributed by atoms with Gasteiger partial charge >= 0.3 is 6.01 Å². The number of rotatable bonds is 6. The Morgan fingerprint density at radius 2 is 2.02 bits per heavy atom. The zero-order valence-corrected chi connectivity index (χ0v) is 28.0. The average molecular weight is 691 g/mol. The molecule has 7 rings (SSSR count). The molecular formula is C37H35ClF4N6O. The van der Waals surface area contributed by atoms with Crippen molar-refractivity contribution in [1.82, 2.24) is 20.2 Å². The Morgan fingerprint density at radius 1 is 1.22 bits per heavy atom. The standard InChI is InChI=1S/C37H35ClF4N6O/c1-5-24-26(39)8-7-21-13-23(43)14-25(28(21)24)29-31(38)27(19(2)3)30-33(32(29)40)45-36(46-35(30)47-12-10-44-20(4)16-47)49-18-37-9-6-11-48(37)17-22(15-37)34(41)42/h1,7-8,13-14,20,44H,2,6,9-12,15-18,43H2,3-4H3/t20-,37?/m1/s1. The van der Waals surface area contributed by atoms with Crippen molar-refractivity contribution >= 4 is 50.4 Å². The SMILES string of the molecule is C#Cc1c(F)ccc2cc(N)cc(-c3c(Cl)c(C(=C)C)c4c(N5CCN[C@H](C)C5)nc(OCC56CCCN5CC(=C(F)F)C6)nc4c3F)c12. The molecule has 1 aromatic heterocycles. The summed E-state index contributed by atoms with van der Waals surface area (Å²) in [5.74, 6) is 1.37. The minimum atomic E-state index is -1.66. The van der Waals surface area contributed by atoms with Crippen LogP contribution >= 0.6 is 11.6 Å². The molecule has 0 bridgehead atoms. The first-order chi connectivity index (χ1) is 23.4. The molecule has 4 heterocycles. The van der Waals surface area contributed by atoms with Gasteiger partial charge in [0.2, 0.25) is 0 Å². The zero-order valence-electron chi connectivity index (χ0n) is 27.2. The second-order valence-corrected chi connectivity index (χ2v) is 13.7. The number of anilines is 2.